The molecule has 6 nitrogen and oxygen atoms in total. The lowest BCUT2D eigenvalue weighted by Crippen LogP contribution is -2.46. The molecule has 0 aromatic heterocycles. The smallest absolute Gasteiger partial charge is 0.326 e. The van der Waals surface area contributed by atoms with Crippen LogP contribution in [0.4, 0.5) is 4.79 Å². The van der Waals surface area contributed by atoms with Crippen LogP contribution in [-0.4, -0.2) is 29.3 Å². The topological polar surface area (TPSA) is 78.5 Å². The number of rotatable bonds is 6. The van der Waals surface area contributed by atoms with Crippen molar-refractivity contribution >= 4 is 41.0 Å². The zero-order valence-corrected chi connectivity index (χ0v) is 19.2. The molecule has 168 valence electrons. The maximum atomic E-state index is 13.6. The van der Waals surface area contributed by atoms with Crippen molar-refractivity contribution in [3.05, 3.63) is 106 Å². The Labute approximate surface area is 201 Å². The number of amides is 4. The van der Waals surface area contributed by atoms with Crippen molar-refractivity contribution in [2.24, 2.45) is 0 Å². The average Bonchev–Trinajstić information content (AvgIpc) is 3.07. The molecule has 1 fully saturated rings. The first-order valence-electron chi connectivity index (χ1n) is 10.3. The van der Waals surface area contributed by atoms with Gasteiger partial charge in [0, 0.05) is 0 Å². The molecule has 1 saturated heterocycles. The van der Waals surface area contributed by atoms with E-state index in [1.54, 1.807) is 73.7 Å². The summed E-state index contributed by atoms with van der Waals surface area (Å²) in [6.45, 7) is 1.36. The van der Waals surface area contributed by atoms with Crippen LogP contribution >= 0.6 is 23.2 Å². The molecule has 0 saturated carbocycles. The summed E-state index contributed by atoms with van der Waals surface area (Å²) in [5.74, 6) is -0.990. The van der Waals surface area contributed by atoms with Crippen LogP contribution in [0.15, 0.2) is 78.9 Å². The summed E-state index contributed by atoms with van der Waals surface area (Å²) in [4.78, 5) is 40.3. The first-order chi connectivity index (χ1) is 15.8. The fourth-order valence-corrected chi connectivity index (χ4v) is 4.26. The van der Waals surface area contributed by atoms with Crippen molar-refractivity contribution in [1.29, 1.82) is 0 Å². The molecule has 0 bridgehead atoms. The van der Waals surface area contributed by atoms with E-state index >= 15 is 0 Å². The van der Waals surface area contributed by atoms with E-state index in [4.69, 9.17) is 23.2 Å². The Balaban J connectivity index is 1.58. The number of hydrogen-bond acceptors (Lipinski definition) is 3. The fraction of sp³-hybridized carbons (Fsp3) is 0.160. The van der Waals surface area contributed by atoms with E-state index in [0.717, 1.165) is 10.5 Å². The molecular weight excluding hydrogens is 461 g/mol. The summed E-state index contributed by atoms with van der Waals surface area (Å²) in [5, 5.41) is 6.42. The zero-order valence-electron chi connectivity index (χ0n) is 17.7. The Bertz CT molecular complexity index is 1160. The highest BCUT2D eigenvalue weighted by Gasteiger charge is 2.54. The molecule has 1 aliphatic heterocycles. The minimum Gasteiger partial charge on any atom is -0.348 e. The summed E-state index contributed by atoms with van der Waals surface area (Å²) >= 11 is 12.0. The van der Waals surface area contributed by atoms with Crippen LogP contribution in [0, 0.1) is 0 Å². The lowest BCUT2D eigenvalue weighted by atomic mass is 9.82. The van der Waals surface area contributed by atoms with Gasteiger partial charge in [-0.2, -0.15) is 0 Å². The quantitative estimate of drug-likeness (QED) is 0.502. The number of urea groups is 1. The van der Waals surface area contributed by atoms with E-state index in [1.165, 1.54) is 0 Å². The minimum atomic E-state index is -1.41. The number of nitrogens with one attached hydrogen (secondary N) is 2. The predicted molar refractivity (Wildman–Crippen MR) is 127 cm³/mol. The van der Waals surface area contributed by atoms with Crippen LogP contribution < -0.4 is 10.6 Å². The number of imide groups is 1. The standard InChI is InChI=1S/C25H21Cl2N3O3/c1-16(17-12-13-20(26)21(27)14-17)28-22(31)15-30-23(32)25(29-24(30)33,18-8-4-2-5-9-18)19-10-6-3-7-11-19/h2-14,16H,15H2,1H3,(H,28,31)(H,29,33). The summed E-state index contributed by atoms with van der Waals surface area (Å²) in [7, 11) is 0. The van der Waals surface area contributed by atoms with Crippen molar-refractivity contribution in [2.45, 2.75) is 18.5 Å². The summed E-state index contributed by atoms with van der Waals surface area (Å²) < 4.78 is 0. The molecule has 1 aliphatic rings. The second-order valence-electron chi connectivity index (χ2n) is 7.77. The lowest BCUT2D eigenvalue weighted by Gasteiger charge is -2.28. The highest BCUT2D eigenvalue weighted by Crippen LogP contribution is 2.36. The molecular formula is C25H21Cl2N3O3. The van der Waals surface area contributed by atoms with E-state index in [0.29, 0.717) is 21.2 Å². The number of hydrogen-bond donors (Lipinski definition) is 2. The Morgan fingerprint density at radius 2 is 1.52 bits per heavy atom. The van der Waals surface area contributed by atoms with Crippen LogP contribution in [-0.2, 0) is 15.1 Å². The maximum Gasteiger partial charge on any atom is 0.326 e. The van der Waals surface area contributed by atoms with Crippen molar-refractivity contribution in [2.75, 3.05) is 6.54 Å². The van der Waals surface area contributed by atoms with Crippen molar-refractivity contribution in [3.8, 4) is 0 Å². The molecule has 0 radical (unpaired) electrons. The van der Waals surface area contributed by atoms with E-state index in [9.17, 15) is 14.4 Å². The Morgan fingerprint density at radius 3 is 2.06 bits per heavy atom. The molecule has 2 N–H and O–H groups in total. The number of nitrogens with zero attached hydrogens (tertiary/aromatic N) is 1. The van der Waals surface area contributed by atoms with E-state index < -0.39 is 36.0 Å². The van der Waals surface area contributed by atoms with Gasteiger partial charge in [0.2, 0.25) is 5.91 Å². The van der Waals surface area contributed by atoms with Gasteiger partial charge in [0.05, 0.1) is 16.1 Å². The molecule has 8 heteroatoms. The third-order valence-electron chi connectivity index (χ3n) is 5.64. The Morgan fingerprint density at radius 1 is 0.939 bits per heavy atom. The van der Waals surface area contributed by atoms with Gasteiger partial charge < -0.3 is 10.6 Å². The molecule has 1 unspecified atom stereocenters. The van der Waals surface area contributed by atoms with Gasteiger partial charge >= 0.3 is 6.03 Å². The molecule has 3 aromatic rings. The van der Waals surface area contributed by atoms with Crippen LogP contribution in [0.5, 0.6) is 0 Å². The SMILES string of the molecule is CC(NC(=O)CN1C(=O)NC(c2ccccc2)(c2ccccc2)C1=O)c1ccc(Cl)c(Cl)c1. The van der Waals surface area contributed by atoms with E-state index in [1.807, 2.05) is 12.1 Å². The number of benzene rings is 3. The van der Waals surface area contributed by atoms with Gasteiger partial charge in [0.1, 0.15) is 6.54 Å². The average molecular weight is 482 g/mol. The Hall–Kier alpha value is -3.35. The second kappa shape index (κ2) is 9.25. The van der Waals surface area contributed by atoms with Crippen LogP contribution in [0.1, 0.15) is 29.7 Å². The van der Waals surface area contributed by atoms with Crippen LogP contribution in [0.3, 0.4) is 0 Å². The van der Waals surface area contributed by atoms with Gasteiger partial charge in [0.25, 0.3) is 5.91 Å². The molecule has 33 heavy (non-hydrogen) atoms. The lowest BCUT2D eigenvalue weighted by molar-refractivity contribution is -0.134. The first kappa shape index (κ1) is 22.8. The molecule has 0 aliphatic carbocycles. The van der Waals surface area contributed by atoms with Crippen molar-refractivity contribution in [3.63, 3.8) is 0 Å². The van der Waals surface area contributed by atoms with Crippen LogP contribution in [0.2, 0.25) is 10.0 Å². The Kier molecular flexibility index (Phi) is 6.40. The third-order valence-corrected chi connectivity index (χ3v) is 6.38. The molecule has 3 aromatic carbocycles. The predicted octanol–water partition coefficient (Wildman–Crippen LogP) is 4.67. The largest absolute Gasteiger partial charge is 0.348 e. The van der Waals surface area contributed by atoms with Gasteiger partial charge in [0.15, 0.2) is 5.54 Å². The minimum absolute atomic E-state index is 0.375. The van der Waals surface area contributed by atoms with Crippen LogP contribution in [0.25, 0.3) is 0 Å². The van der Waals surface area contributed by atoms with Gasteiger partial charge in [-0.25, -0.2) is 4.79 Å². The van der Waals surface area contributed by atoms with Gasteiger partial charge in [-0.1, -0.05) is 89.9 Å². The highest BCUT2D eigenvalue weighted by atomic mass is 35.5. The summed E-state index contributed by atoms with van der Waals surface area (Å²) in [6, 6.07) is 22.0. The highest BCUT2D eigenvalue weighted by molar-refractivity contribution is 6.42. The third kappa shape index (κ3) is 4.32. The van der Waals surface area contributed by atoms with E-state index in [2.05, 4.69) is 10.6 Å². The zero-order chi connectivity index (χ0) is 23.6. The second-order valence-corrected chi connectivity index (χ2v) is 8.58. The molecule has 1 heterocycles. The first-order valence-corrected chi connectivity index (χ1v) is 11.1. The molecule has 1 atom stereocenters. The van der Waals surface area contributed by atoms with Gasteiger partial charge in [-0.3, -0.25) is 14.5 Å². The molecule has 4 amide bonds. The summed E-state index contributed by atoms with van der Waals surface area (Å²) in [6.07, 6.45) is 0. The normalized spacial score (nSPS) is 15.8. The number of halogens is 2. The molecule has 4 rings (SSSR count). The van der Waals surface area contributed by atoms with Crippen molar-refractivity contribution in [1.82, 2.24) is 15.5 Å². The molecule has 0 spiro atoms. The van der Waals surface area contributed by atoms with Gasteiger partial charge in [-0.15, -0.1) is 0 Å². The van der Waals surface area contributed by atoms with E-state index in [-0.39, 0.29) is 0 Å². The number of carbonyl (C=O) groups is 3. The summed E-state index contributed by atoms with van der Waals surface area (Å²) in [5.41, 5.74) is 0.566. The fourth-order valence-electron chi connectivity index (χ4n) is 3.95. The monoisotopic (exact) mass is 481 g/mol. The van der Waals surface area contributed by atoms with Crippen molar-refractivity contribution < 1.29 is 14.4 Å². The maximum absolute atomic E-state index is 13.6. The van der Waals surface area contributed by atoms with Gasteiger partial charge in [-0.05, 0) is 35.7 Å². The number of carbonyl (C=O) groups excluding carboxylic acids is 3.